The molecule has 1 N–H and O–H groups in total. The number of carbonyl (C=O) groups excluding carboxylic acids is 1. The molecule has 100 valence electrons. The van der Waals surface area contributed by atoms with Gasteiger partial charge >= 0.3 is 0 Å². The molecular weight excluding hydrogens is 258 g/mol. The molecule has 0 saturated heterocycles. The average Bonchev–Trinajstić information content (AvgIpc) is 2.84. The lowest BCUT2D eigenvalue weighted by Gasteiger charge is -2.17. The van der Waals surface area contributed by atoms with Gasteiger partial charge in [-0.3, -0.25) is 9.69 Å². The number of rotatable bonds is 5. The van der Waals surface area contributed by atoms with Gasteiger partial charge in [-0.15, -0.1) is 11.3 Å². The lowest BCUT2D eigenvalue weighted by molar-refractivity contribution is -0.117. The van der Waals surface area contributed by atoms with Gasteiger partial charge < -0.3 is 5.32 Å². The Morgan fingerprint density at radius 3 is 2.89 bits per heavy atom. The van der Waals surface area contributed by atoms with Crippen molar-refractivity contribution >= 4 is 22.4 Å². The highest BCUT2D eigenvalue weighted by Gasteiger charge is 2.09. The summed E-state index contributed by atoms with van der Waals surface area (Å²) in [5.74, 6) is -0.0361. The zero-order valence-electron chi connectivity index (χ0n) is 11.1. The van der Waals surface area contributed by atoms with Crippen LogP contribution in [-0.4, -0.2) is 29.4 Å². The summed E-state index contributed by atoms with van der Waals surface area (Å²) in [7, 11) is 1.94. The molecule has 0 bridgehead atoms. The molecule has 0 fully saturated rings. The Labute approximate surface area is 117 Å². The summed E-state index contributed by atoms with van der Waals surface area (Å²) in [6, 6.07) is 8.21. The van der Waals surface area contributed by atoms with Gasteiger partial charge in [0, 0.05) is 18.1 Å². The molecule has 0 aliphatic heterocycles. The number of nitrogens with zero attached hydrogens (tertiary/aromatic N) is 2. The van der Waals surface area contributed by atoms with Crippen LogP contribution in [0.1, 0.15) is 11.1 Å². The number of likely N-dealkylation sites (N-methyl/N-ethyl adjacent to an activating group) is 1. The van der Waals surface area contributed by atoms with Gasteiger partial charge in [0.1, 0.15) is 0 Å². The van der Waals surface area contributed by atoms with E-state index in [4.69, 9.17) is 0 Å². The summed E-state index contributed by atoms with van der Waals surface area (Å²) in [5, 5.41) is 5.27. The van der Waals surface area contributed by atoms with E-state index < -0.39 is 0 Å². The third-order valence-electron chi connectivity index (χ3n) is 2.79. The maximum Gasteiger partial charge on any atom is 0.240 e. The minimum absolute atomic E-state index is 0.0361. The molecule has 0 radical (unpaired) electrons. The zero-order chi connectivity index (χ0) is 13.7. The third-order valence-corrected chi connectivity index (χ3v) is 3.48. The van der Waals surface area contributed by atoms with Gasteiger partial charge in [0.15, 0.2) is 5.13 Å². The van der Waals surface area contributed by atoms with Crippen LogP contribution in [0.25, 0.3) is 0 Å². The quantitative estimate of drug-likeness (QED) is 0.912. The molecule has 0 aliphatic carbocycles. The fraction of sp³-hybridized carbons (Fsp3) is 0.286. The lowest BCUT2D eigenvalue weighted by Crippen LogP contribution is -2.30. The summed E-state index contributed by atoms with van der Waals surface area (Å²) in [6.07, 6.45) is 1.68. The number of aryl methyl sites for hydroxylation is 1. The molecule has 19 heavy (non-hydrogen) atoms. The van der Waals surface area contributed by atoms with Crippen LogP contribution in [0.2, 0.25) is 0 Å². The highest BCUT2D eigenvalue weighted by Crippen LogP contribution is 2.11. The minimum Gasteiger partial charge on any atom is -0.301 e. The van der Waals surface area contributed by atoms with Crippen molar-refractivity contribution in [3.63, 3.8) is 0 Å². The highest BCUT2D eigenvalue weighted by atomic mass is 32.1. The van der Waals surface area contributed by atoms with Gasteiger partial charge in [0.25, 0.3) is 0 Å². The number of hydrogen-bond acceptors (Lipinski definition) is 4. The van der Waals surface area contributed by atoms with Crippen molar-refractivity contribution in [2.75, 3.05) is 18.9 Å². The van der Waals surface area contributed by atoms with E-state index in [1.807, 2.05) is 29.5 Å². The summed E-state index contributed by atoms with van der Waals surface area (Å²) in [5.41, 5.74) is 2.49. The van der Waals surface area contributed by atoms with Crippen molar-refractivity contribution in [3.8, 4) is 0 Å². The Balaban J connectivity index is 1.86. The van der Waals surface area contributed by atoms with Gasteiger partial charge in [-0.1, -0.05) is 24.3 Å². The Morgan fingerprint density at radius 2 is 2.21 bits per heavy atom. The van der Waals surface area contributed by atoms with Gasteiger partial charge in [-0.05, 0) is 25.1 Å². The molecule has 4 nitrogen and oxygen atoms in total. The molecule has 0 atom stereocenters. The van der Waals surface area contributed by atoms with E-state index in [1.165, 1.54) is 22.5 Å². The number of aromatic nitrogens is 1. The number of nitrogens with one attached hydrogen (secondary N) is 1. The molecule has 1 heterocycles. The first-order valence-electron chi connectivity index (χ1n) is 6.07. The van der Waals surface area contributed by atoms with Crippen molar-refractivity contribution in [1.82, 2.24) is 9.88 Å². The van der Waals surface area contributed by atoms with Gasteiger partial charge in [0.2, 0.25) is 5.91 Å². The number of benzene rings is 1. The largest absolute Gasteiger partial charge is 0.301 e. The van der Waals surface area contributed by atoms with Crippen LogP contribution in [0, 0.1) is 6.92 Å². The molecule has 2 rings (SSSR count). The Hall–Kier alpha value is -1.72. The summed E-state index contributed by atoms with van der Waals surface area (Å²) in [6.45, 7) is 3.20. The summed E-state index contributed by atoms with van der Waals surface area (Å²) in [4.78, 5) is 17.8. The standard InChI is InChI=1S/C14H17N3OS/c1-11-5-3-4-6-12(11)9-17(2)10-13(18)16-14-15-7-8-19-14/h3-8H,9-10H2,1-2H3,(H,15,16,18). The van der Waals surface area contributed by atoms with Crippen LogP contribution < -0.4 is 5.32 Å². The van der Waals surface area contributed by atoms with Crippen molar-refractivity contribution in [3.05, 3.63) is 47.0 Å². The second-order valence-electron chi connectivity index (χ2n) is 4.48. The van der Waals surface area contributed by atoms with Gasteiger partial charge in [-0.25, -0.2) is 4.98 Å². The molecule has 5 heteroatoms. The van der Waals surface area contributed by atoms with E-state index in [9.17, 15) is 4.79 Å². The second kappa shape index (κ2) is 6.45. The van der Waals surface area contributed by atoms with Crippen molar-refractivity contribution in [1.29, 1.82) is 0 Å². The molecule has 1 aromatic carbocycles. The first kappa shape index (κ1) is 13.7. The minimum atomic E-state index is -0.0361. The molecule has 2 aromatic rings. The van der Waals surface area contributed by atoms with Gasteiger partial charge in [-0.2, -0.15) is 0 Å². The Morgan fingerprint density at radius 1 is 1.42 bits per heavy atom. The lowest BCUT2D eigenvalue weighted by atomic mass is 10.1. The van der Waals surface area contributed by atoms with E-state index in [1.54, 1.807) is 6.20 Å². The fourth-order valence-corrected chi connectivity index (χ4v) is 2.37. The molecule has 1 aromatic heterocycles. The number of hydrogen-bond donors (Lipinski definition) is 1. The van der Waals surface area contributed by atoms with E-state index in [0.29, 0.717) is 11.7 Å². The molecular formula is C14H17N3OS. The predicted molar refractivity (Wildman–Crippen MR) is 78.3 cm³/mol. The van der Waals surface area contributed by atoms with Crippen molar-refractivity contribution < 1.29 is 4.79 Å². The fourth-order valence-electron chi connectivity index (χ4n) is 1.82. The van der Waals surface area contributed by atoms with E-state index in [-0.39, 0.29) is 5.91 Å². The number of thiazole rings is 1. The first-order chi connectivity index (χ1) is 9.15. The molecule has 0 aliphatic rings. The second-order valence-corrected chi connectivity index (χ2v) is 5.38. The molecule has 0 spiro atoms. The zero-order valence-corrected chi connectivity index (χ0v) is 11.9. The smallest absolute Gasteiger partial charge is 0.240 e. The highest BCUT2D eigenvalue weighted by molar-refractivity contribution is 7.13. The van der Waals surface area contributed by atoms with E-state index >= 15 is 0 Å². The van der Waals surface area contributed by atoms with Crippen LogP contribution in [0.15, 0.2) is 35.8 Å². The van der Waals surface area contributed by atoms with Crippen LogP contribution in [0.3, 0.4) is 0 Å². The monoisotopic (exact) mass is 275 g/mol. The van der Waals surface area contributed by atoms with Crippen LogP contribution in [0.4, 0.5) is 5.13 Å². The van der Waals surface area contributed by atoms with E-state index in [2.05, 4.69) is 29.4 Å². The van der Waals surface area contributed by atoms with Gasteiger partial charge in [0.05, 0.1) is 6.54 Å². The first-order valence-corrected chi connectivity index (χ1v) is 6.95. The van der Waals surface area contributed by atoms with Crippen LogP contribution in [-0.2, 0) is 11.3 Å². The third kappa shape index (κ3) is 4.15. The average molecular weight is 275 g/mol. The maximum atomic E-state index is 11.8. The predicted octanol–water partition coefficient (Wildman–Crippen LogP) is 2.52. The Kier molecular flexibility index (Phi) is 4.65. The Bertz CT molecular complexity index is 539. The maximum absolute atomic E-state index is 11.8. The summed E-state index contributed by atoms with van der Waals surface area (Å²) >= 11 is 1.42. The number of anilines is 1. The SMILES string of the molecule is Cc1ccccc1CN(C)CC(=O)Nc1nccs1. The topological polar surface area (TPSA) is 45.2 Å². The molecule has 1 amide bonds. The van der Waals surface area contributed by atoms with Crippen molar-refractivity contribution in [2.24, 2.45) is 0 Å². The molecule has 0 saturated carbocycles. The van der Waals surface area contributed by atoms with Crippen molar-refractivity contribution in [2.45, 2.75) is 13.5 Å². The normalized spacial score (nSPS) is 10.7. The van der Waals surface area contributed by atoms with E-state index in [0.717, 1.165) is 6.54 Å². The molecule has 0 unspecified atom stereocenters. The number of carbonyl (C=O) groups is 1. The van der Waals surface area contributed by atoms with Crippen LogP contribution in [0.5, 0.6) is 0 Å². The van der Waals surface area contributed by atoms with Crippen LogP contribution >= 0.6 is 11.3 Å². The number of amides is 1. The summed E-state index contributed by atoms with van der Waals surface area (Å²) < 4.78 is 0.